The van der Waals surface area contributed by atoms with Gasteiger partial charge in [0.2, 0.25) is 0 Å². The van der Waals surface area contributed by atoms with Gasteiger partial charge in [0.25, 0.3) is 0 Å². The van der Waals surface area contributed by atoms with Gasteiger partial charge in [-0.2, -0.15) is 0 Å². The van der Waals surface area contributed by atoms with Crippen molar-refractivity contribution in [3.05, 3.63) is 23.8 Å². The Hall–Kier alpha value is -0.570. The fourth-order valence-corrected chi connectivity index (χ4v) is 10.3. The van der Waals surface area contributed by atoms with Crippen LogP contribution in [0.5, 0.6) is 11.5 Å². The first-order valence-corrected chi connectivity index (χ1v) is 11.1. The van der Waals surface area contributed by atoms with Crippen LogP contribution in [0.3, 0.4) is 0 Å². The normalized spacial score (nSPS) is 32.3. The van der Waals surface area contributed by atoms with Gasteiger partial charge in [-0.3, -0.25) is 0 Å². The minimum Gasteiger partial charge on any atom is -0.496 e. The first-order chi connectivity index (χ1) is 10.6. The van der Waals surface area contributed by atoms with Gasteiger partial charge in [0, 0.05) is 0 Å². The molecule has 0 radical (unpaired) electrons. The Labute approximate surface area is 138 Å². The Morgan fingerprint density at radius 1 is 1.05 bits per heavy atom. The maximum absolute atomic E-state index is 11.3. The monoisotopic (exact) mass is 340 g/mol. The van der Waals surface area contributed by atoms with Crippen molar-refractivity contribution in [1.29, 1.82) is 0 Å². The van der Waals surface area contributed by atoms with Crippen LogP contribution in [0, 0.1) is 0 Å². The SMILES string of the molecule is COc1cccc(OC)c1C(O)P1(=S)C2CCCC1CCC2. The van der Waals surface area contributed by atoms with Gasteiger partial charge in [0.1, 0.15) is 17.3 Å². The van der Waals surface area contributed by atoms with E-state index in [0.717, 1.165) is 5.56 Å². The number of aliphatic hydroxyl groups excluding tert-OH is 1. The summed E-state index contributed by atoms with van der Waals surface area (Å²) in [5, 5.41) is 11.3. The van der Waals surface area contributed by atoms with Gasteiger partial charge in [-0.15, -0.1) is 0 Å². The van der Waals surface area contributed by atoms with Gasteiger partial charge < -0.3 is 14.6 Å². The maximum atomic E-state index is 11.3. The lowest BCUT2D eigenvalue weighted by molar-refractivity contribution is 0.240. The van der Waals surface area contributed by atoms with Crippen molar-refractivity contribution in [3.8, 4) is 11.5 Å². The van der Waals surface area contributed by atoms with E-state index in [-0.39, 0.29) is 0 Å². The molecule has 122 valence electrons. The summed E-state index contributed by atoms with van der Waals surface area (Å²) in [6.45, 7) is 0. The van der Waals surface area contributed by atoms with E-state index in [9.17, 15) is 5.11 Å². The average Bonchev–Trinajstić information content (AvgIpc) is 2.52. The zero-order valence-electron chi connectivity index (χ0n) is 13.3. The van der Waals surface area contributed by atoms with E-state index in [1.165, 1.54) is 38.5 Å². The standard InChI is InChI=1S/C17H25O3PS/c1-19-14-10-5-11-15(20-2)16(14)17(18)21(22)12-6-3-7-13(21)9-4-8-12/h5,10-13,17-18H,3-4,6-9H2,1-2H3. The Bertz CT molecular complexity index is 541. The van der Waals surface area contributed by atoms with Crippen molar-refractivity contribution >= 4 is 17.8 Å². The first-order valence-electron chi connectivity index (χ1n) is 8.11. The van der Waals surface area contributed by atoms with E-state index < -0.39 is 11.9 Å². The third-order valence-electron chi connectivity index (χ3n) is 5.40. The van der Waals surface area contributed by atoms with Crippen LogP contribution in [0.4, 0.5) is 0 Å². The molecular formula is C17H25O3PS. The van der Waals surface area contributed by atoms with Crippen LogP contribution in [-0.2, 0) is 11.8 Å². The third kappa shape index (κ3) is 2.50. The zero-order chi connectivity index (χ0) is 15.7. The highest BCUT2D eigenvalue weighted by Gasteiger charge is 2.47. The minimum atomic E-state index is -1.89. The molecule has 1 atom stereocenters. The molecule has 0 saturated carbocycles. The molecule has 2 fully saturated rings. The fraction of sp³-hybridized carbons (Fsp3) is 0.647. The van der Waals surface area contributed by atoms with Crippen LogP contribution in [0.1, 0.15) is 49.9 Å². The van der Waals surface area contributed by atoms with E-state index in [1.54, 1.807) is 14.2 Å². The predicted octanol–water partition coefficient (Wildman–Crippen LogP) is 4.28. The molecule has 22 heavy (non-hydrogen) atoms. The average molecular weight is 340 g/mol. The lowest BCUT2D eigenvalue weighted by atomic mass is 9.99. The summed E-state index contributed by atoms with van der Waals surface area (Å²) in [7, 11) is 3.28. The fourth-order valence-electron chi connectivity index (χ4n) is 4.31. The summed E-state index contributed by atoms with van der Waals surface area (Å²) < 4.78 is 11.0. The summed E-state index contributed by atoms with van der Waals surface area (Å²) >= 11 is 6.22. The zero-order valence-corrected chi connectivity index (χ0v) is 15.0. The van der Waals surface area contributed by atoms with Crippen LogP contribution < -0.4 is 9.47 Å². The van der Waals surface area contributed by atoms with Crippen LogP contribution in [0.25, 0.3) is 0 Å². The van der Waals surface area contributed by atoms with Crippen molar-refractivity contribution < 1.29 is 14.6 Å². The highest BCUT2D eigenvalue weighted by molar-refractivity contribution is 8.15. The Kier molecular flexibility index (Phi) is 4.82. The van der Waals surface area contributed by atoms with E-state index in [1.807, 2.05) is 18.2 Å². The van der Waals surface area contributed by atoms with Crippen LogP contribution >= 0.6 is 6.04 Å². The Balaban J connectivity index is 2.07. The molecule has 0 amide bonds. The molecule has 2 aliphatic heterocycles. The van der Waals surface area contributed by atoms with Gasteiger partial charge in [0.05, 0.1) is 19.8 Å². The van der Waals surface area contributed by atoms with E-state index in [4.69, 9.17) is 21.3 Å². The number of ether oxygens (including phenoxy) is 2. The van der Waals surface area contributed by atoms with Crippen molar-refractivity contribution in [3.63, 3.8) is 0 Å². The summed E-state index contributed by atoms with van der Waals surface area (Å²) in [6, 6.07) is 3.78. The molecule has 1 unspecified atom stereocenters. The number of hydrogen-bond donors (Lipinski definition) is 1. The van der Waals surface area contributed by atoms with E-state index >= 15 is 0 Å². The van der Waals surface area contributed by atoms with Gasteiger partial charge >= 0.3 is 0 Å². The van der Waals surface area contributed by atoms with Gasteiger partial charge in [0.15, 0.2) is 0 Å². The molecule has 2 heterocycles. The molecule has 2 bridgehead atoms. The molecule has 1 aromatic rings. The minimum absolute atomic E-state index is 0.527. The summed E-state index contributed by atoms with van der Waals surface area (Å²) in [6.07, 6.45) is 7.27. The predicted molar refractivity (Wildman–Crippen MR) is 94.1 cm³/mol. The van der Waals surface area contributed by atoms with Gasteiger partial charge in [-0.05, 0) is 55.2 Å². The van der Waals surface area contributed by atoms with Crippen LogP contribution in [0.15, 0.2) is 18.2 Å². The number of rotatable bonds is 4. The maximum Gasteiger partial charge on any atom is 0.128 e. The van der Waals surface area contributed by atoms with Crippen LogP contribution in [0.2, 0.25) is 0 Å². The van der Waals surface area contributed by atoms with E-state index in [2.05, 4.69) is 0 Å². The summed E-state index contributed by atoms with van der Waals surface area (Å²) in [4.78, 5) is 0. The molecule has 3 nitrogen and oxygen atoms in total. The van der Waals surface area contributed by atoms with Crippen LogP contribution in [-0.4, -0.2) is 30.6 Å². The molecule has 1 aromatic carbocycles. The Morgan fingerprint density at radius 2 is 1.50 bits per heavy atom. The van der Waals surface area contributed by atoms with E-state index in [0.29, 0.717) is 22.8 Å². The first kappa shape index (κ1) is 16.3. The number of hydrogen-bond acceptors (Lipinski definition) is 4. The largest absolute Gasteiger partial charge is 0.496 e. The lowest BCUT2D eigenvalue weighted by Gasteiger charge is -2.48. The molecule has 0 spiro atoms. The second-order valence-electron chi connectivity index (χ2n) is 6.38. The molecule has 3 rings (SSSR count). The van der Waals surface area contributed by atoms with Crippen molar-refractivity contribution in [1.82, 2.24) is 0 Å². The molecule has 0 aromatic heterocycles. The number of methoxy groups -OCH3 is 2. The summed E-state index contributed by atoms with van der Waals surface area (Å²) in [5.74, 6) is 0.781. The van der Waals surface area contributed by atoms with Gasteiger partial charge in [-0.1, -0.05) is 30.7 Å². The second-order valence-corrected chi connectivity index (χ2v) is 11.8. The molecule has 2 aliphatic rings. The molecular weight excluding hydrogens is 315 g/mol. The quantitative estimate of drug-likeness (QED) is 0.831. The number of benzene rings is 1. The molecule has 5 heteroatoms. The Morgan fingerprint density at radius 3 is 1.91 bits per heavy atom. The molecule has 0 aliphatic carbocycles. The van der Waals surface area contributed by atoms with Crippen molar-refractivity contribution in [2.45, 2.75) is 55.7 Å². The molecule has 1 N–H and O–H groups in total. The van der Waals surface area contributed by atoms with Gasteiger partial charge in [-0.25, -0.2) is 0 Å². The molecule has 2 saturated heterocycles. The second kappa shape index (κ2) is 6.51. The number of aliphatic hydroxyl groups is 1. The topological polar surface area (TPSA) is 38.7 Å². The smallest absolute Gasteiger partial charge is 0.128 e. The highest BCUT2D eigenvalue weighted by atomic mass is 32.4. The lowest BCUT2D eigenvalue weighted by Crippen LogP contribution is -2.32. The third-order valence-corrected chi connectivity index (χ3v) is 12.1. The summed E-state index contributed by atoms with van der Waals surface area (Å²) in [5.41, 5.74) is 1.83. The van der Waals surface area contributed by atoms with Crippen molar-refractivity contribution in [2.75, 3.05) is 14.2 Å². The number of fused-ring (bicyclic) bond motifs is 2. The van der Waals surface area contributed by atoms with Crippen molar-refractivity contribution in [2.24, 2.45) is 0 Å². The highest BCUT2D eigenvalue weighted by Crippen LogP contribution is 2.74.